The fraction of sp³-hybridized carbons (Fsp3) is 0.440. The molecule has 5 unspecified atom stereocenters. The standard InChI is InChI=1S/C25H24BrFN4O5S/c1-35-24(34)19-15(9-31-16-7-12(8-18(32)33)25(16)11-36-10-17(25)31)29-22(23-28-5-6-37-23)30-21(19)13-3-2-4-14(27)20(13)26/h2-6,12,16-17,21H,7-11H2,1H3,(H,29,30)(H,32,33). The number of aliphatic imine (C=N–C) groups is 1. The first-order chi connectivity index (χ1) is 17.8. The number of ether oxygens (including phenoxy) is 2. The van der Waals surface area contributed by atoms with Crippen LogP contribution in [-0.4, -0.2) is 71.7 Å². The number of piperidine rings is 1. The van der Waals surface area contributed by atoms with Crippen molar-refractivity contribution < 1.29 is 28.6 Å². The molecule has 4 aliphatic rings. The normalized spacial score (nSPS) is 30.4. The Morgan fingerprint density at radius 2 is 2.24 bits per heavy atom. The van der Waals surface area contributed by atoms with Crippen LogP contribution in [0.5, 0.6) is 0 Å². The lowest BCUT2D eigenvalue weighted by molar-refractivity contribution is -0.222. The van der Waals surface area contributed by atoms with E-state index in [1.807, 2.05) is 5.38 Å². The number of amidine groups is 1. The van der Waals surface area contributed by atoms with Gasteiger partial charge in [-0.25, -0.2) is 14.2 Å². The number of aliphatic carboxylic acids is 1. The predicted octanol–water partition coefficient (Wildman–Crippen LogP) is 3.13. The summed E-state index contributed by atoms with van der Waals surface area (Å²) in [6.45, 7) is 1.45. The highest BCUT2D eigenvalue weighted by Gasteiger charge is 2.73. The number of carbonyl (C=O) groups is 2. The number of methoxy groups -OCH3 is 1. The minimum absolute atomic E-state index is 0.0605. The maximum atomic E-state index is 14.5. The lowest BCUT2D eigenvalue weighted by atomic mass is 9.46. The van der Waals surface area contributed by atoms with Crippen LogP contribution in [0.4, 0.5) is 4.39 Å². The number of carboxylic acids is 1. The minimum atomic E-state index is -0.820. The molecule has 5 atom stereocenters. The van der Waals surface area contributed by atoms with Crippen LogP contribution in [0.15, 0.2) is 50.5 Å². The molecule has 3 fully saturated rings. The number of carboxylic acid groups (broad SMARTS) is 1. The van der Waals surface area contributed by atoms with Crippen LogP contribution in [-0.2, 0) is 19.1 Å². The van der Waals surface area contributed by atoms with Gasteiger partial charge in [-0.2, -0.15) is 0 Å². The van der Waals surface area contributed by atoms with Crippen LogP contribution in [0.3, 0.4) is 0 Å². The molecule has 37 heavy (non-hydrogen) atoms. The third-order valence-electron chi connectivity index (χ3n) is 8.14. The summed E-state index contributed by atoms with van der Waals surface area (Å²) in [5.74, 6) is -1.24. The van der Waals surface area contributed by atoms with E-state index in [4.69, 9.17) is 14.5 Å². The van der Waals surface area contributed by atoms with Gasteiger partial charge in [-0.1, -0.05) is 12.1 Å². The lowest BCUT2D eigenvalue weighted by Crippen LogP contribution is -2.80. The number of benzene rings is 1. The molecular formula is C25H24BrFN4O5S. The van der Waals surface area contributed by atoms with E-state index in [1.54, 1.807) is 18.3 Å². The van der Waals surface area contributed by atoms with E-state index in [0.29, 0.717) is 47.4 Å². The second kappa shape index (κ2) is 9.26. The van der Waals surface area contributed by atoms with E-state index in [2.05, 4.69) is 31.1 Å². The number of halogens is 2. The van der Waals surface area contributed by atoms with Crippen molar-refractivity contribution in [2.75, 3.05) is 26.9 Å². The van der Waals surface area contributed by atoms with Gasteiger partial charge in [-0.05, 0) is 39.9 Å². The van der Waals surface area contributed by atoms with Crippen LogP contribution >= 0.6 is 27.3 Å². The molecular weight excluding hydrogens is 567 g/mol. The van der Waals surface area contributed by atoms with Gasteiger partial charge in [0.05, 0.1) is 30.4 Å². The molecule has 1 aromatic carbocycles. The van der Waals surface area contributed by atoms with Crippen LogP contribution in [0.25, 0.3) is 0 Å². The van der Waals surface area contributed by atoms with E-state index in [0.717, 1.165) is 6.42 Å². The number of likely N-dealkylation sites (tertiary alicyclic amines) is 1. The summed E-state index contributed by atoms with van der Waals surface area (Å²) >= 11 is 4.74. The van der Waals surface area contributed by atoms with Crippen LogP contribution in [0.2, 0.25) is 0 Å². The number of hydrogen-bond acceptors (Lipinski definition) is 9. The van der Waals surface area contributed by atoms with Crippen molar-refractivity contribution in [3.05, 3.63) is 61.9 Å². The molecule has 2 saturated heterocycles. The fourth-order valence-electron chi connectivity index (χ4n) is 6.47. The molecule has 0 bridgehead atoms. The Labute approximate surface area is 224 Å². The zero-order chi connectivity index (χ0) is 25.9. The van der Waals surface area contributed by atoms with Crippen molar-refractivity contribution in [1.29, 1.82) is 0 Å². The van der Waals surface area contributed by atoms with Crippen molar-refractivity contribution in [3.8, 4) is 0 Å². The van der Waals surface area contributed by atoms with E-state index in [1.165, 1.54) is 24.5 Å². The van der Waals surface area contributed by atoms with E-state index < -0.39 is 23.8 Å². The molecule has 3 aliphatic heterocycles. The SMILES string of the molecule is COC(=O)C1=C(CN2C3COCC34C(CC(=O)O)CC24)NC(c2nccs2)=NC1c1cccc(F)c1Br. The van der Waals surface area contributed by atoms with Gasteiger partial charge in [-0.15, -0.1) is 11.3 Å². The first-order valence-corrected chi connectivity index (χ1v) is 13.6. The number of carbonyl (C=O) groups excluding carboxylic acids is 1. The maximum Gasteiger partial charge on any atom is 0.338 e. The number of aromatic nitrogens is 1. The van der Waals surface area contributed by atoms with Gasteiger partial charge in [0.1, 0.15) is 11.9 Å². The molecule has 1 aromatic heterocycles. The van der Waals surface area contributed by atoms with Crippen LogP contribution < -0.4 is 5.32 Å². The average Bonchev–Trinajstić information content (AvgIpc) is 3.56. The van der Waals surface area contributed by atoms with E-state index >= 15 is 0 Å². The summed E-state index contributed by atoms with van der Waals surface area (Å²) in [5.41, 5.74) is 1.25. The topological polar surface area (TPSA) is 113 Å². The molecule has 1 spiro atoms. The second-order valence-electron chi connectivity index (χ2n) is 9.73. The van der Waals surface area contributed by atoms with Crippen molar-refractivity contribution in [2.45, 2.75) is 31.0 Å². The fourth-order valence-corrected chi connectivity index (χ4v) is 7.54. The molecule has 12 heteroatoms. The Morgan fingerprint density at radius 1 is 1.41 bits per heavy atom. The third kappa shape index (κ3) is 3.76. The number of hydrogen-bond donors (Lipinski definition) is 2. The van der Waals surface area contributed by atoms with Gasteiger partial charge in [0.15, 0.2) is 10.8 Å². The Balaban J connectivity index is 1.39. The van der Waals surface area contributed by atoms with Gasteiger partial charge in [0, 0.05) is 47.7 Å². The predicted molar refractivity (Wildman–Crippen MR) is 136 cm³/mol. The summed E-state index contributed by atoms with van der Waals surface area (Å²) in [4.78, 5) is 36.0. The van der Waals surface area contributed by atoms with Gasteiger partial charge in [-0.3, -0.25) is 14.7 Å². The Kier molecular flexibility index (Phi) is 6.17. The van der Waals surface area contributed by atoms with Gasteiger partial charge in [0.2, 0.25) is 0 Å². The highest BCUT2D eigenvalue weighted by atomic mass is 79.9. The van der Waals surface area contributed by atoms with Gasteiger partial charge in [0.25, 0.3) is 0 Å². The average molecular weight is 591 g/mol. The van der Waals surface area contributed by atoms with E-state index in [9.17, 15) is 19.1 Å². The molecule has 2 aromatic rings. The van der Waals surface area contributed by atoms with Crippen LogP contribution in [0, 0.1) is 17.2 Å². The Hall–Kier alpha value is -2.67. The molecule has 0 amide bonds. The zero-order valence-electron chi connectivity index (χ0n) is 19.8. The Bertz CT molecular complexity index is 1330. The molecule has 2 N–H and O–H groups in total. The molecule has 1 aliphatic carbocycles. The maximum absolute atomic E-state index is 14.5. The van der Waals surface area contributed by atoms with E-state index in [-0.39, 0.29) is 34.3 Å². The highest BCUT2D eigenvalue weighted by molar-refractivity contribution is 9.10. The van der Waals surface area contributed by atoms with Gasteiger partial charge >= 0.3 is 11.9 Å². The Morgan fingerprint density at radius 3 is 2.97 bits per heavy atom. The summed E-state index contributed by atoms with van der Waals surface area (Å²) in [5, 5.41) is 15.2. The first-order valence-electron chi connectivity index (χ1n) is 11.9. The van der Waals surface area contributed by atoms with Crippen molar-refractivity contribution in [1.82, 2.24) is 15.2 Å². The monoisotopic (exact) mass is 590 g/mol. The summed E-state index contributed by atoms with van der Waals surface area (Å²) in [6.07, 6.45) is 2.57. The molecule has 0 radical (unpaired) electrons. The molecule has 9 nitrogen and oxygen atoms in total. The summed E-state index contributed by atoms with van der Waals surface area (Å²) in [6, 6.07) is 4.06. The van der Waals surface area contributed by atoms with Crippen molar-refractivity contribution in [3.63, 3.8) is 0 Å². The molecule has 4 heterocycles. The number of nitrogens with one attached hydrogen (secondary N) is 1. The summed E-state index contributed by atoms with van der Waals surface area (Å²) < 4.78 is 25.8. The minimum Gasteiger partial charge on any atom is -0.481 e. The molecule has 1 saturated carbocycles. The largest absolute Gasteiger partial charge is 0.481 e. The zero-order valence-corrected chi connectivity index (χ0v) is 22.2. The first kappa shape index (κ1) is 24.7. The van der Waals surface area contributed by atoms with Crippen LogP contribution in [0.1, 0.15) is 29.5 Å². The third-order valence-corrected chi connectivity index (χ3v) is 9.76. The van der Waals surface area contributed by atoms with Gasteiger partial charge < -0.3 is 19.9 Å². The number of nitrogens with zero attached hydrogens (tertiary/aromatic N) is 3. The van der Waals surface area contributed by atoms with Crippen molar-refractivity contribution in [2.24, 2.45) is 16.3 Å². The second-order valence-corrected chi connectivity index (χ2v) is 11.4. The summed E-state index contributed by atoms with van der Waals surface area (Å²) in [7, 11) is 1.31. The number of thiazole rings is 1. The number of esters is 1. The number of rotatable bonds is 7. The quantitative estimate of drug-likeness (QED) is 0.473. The smallest absolute Gasteiger partial charge is 0.338 e. The molecule has 6 rings (SSSR count). The highest BCUT2D eigenvalue weighted by Crippen LogP contribution is 2.65. The lowest BCUT2D eigenvalue weighted by Gasteiger charge is -2.71. The molecule has 194 valence electrons. The van der Waals surface area contributed by atoms with Crippen molar-refractivity contribution >= 4 is 45.0 Å².